The molecule has 2 aromatic heterocycles. The van der Waals surface area contributed by atoms with Gasteiger partial charge >= 0.3 is 0 Å². The molecule has 29 heavy (non-hydrogen) atoms. The average Bonchev–Trinajstić information content (AvgIpc) is 3.35. The quantitative estimate of drug-likeness (QED) is 0.341. The van der Waals surface area contributed by atoms with E-state index in [1.54, 1.807) is 37.3 Å². The molecule has 0 aliphatic heterocycles. The highest BCUT2D eigenvalue weighted by Crippen LogP contribution is 2.20. The zero-order chi connectivity index (χ0) is 20.8. The molecule has 0 aliphatic rings. The number of nitro groups is 1. The molecule has 0 fully saturated rings. The van der Waals surface area contributed by atoms with Crippen LogP contribution in [-0.2, 0) is 4.79 Å². The Morgan fingerprint density at radius 3 is 2.66 bits per heavy atom. The van der Waals surface area contributed by atoms with Crippen molar-refractivity contribution in [3.05, 3.63) is 70.3 Å². The molecule has 2 heterocycles. The highest BCUT2D eigenvalue weighted by molar-refractivity contribution is 5.92. The van der Waals surface area contributed by atoms with Gasteiger partial charge in [-0.15, -0.1) is 0 Å². The van der Waals surface area contributed by atoms with Crippen LogP contribution in [0.15, 0.2) is 53.1 Å². The number of non-ortho nitro benzene ring substituents is 1. The second-order valence-corrected chi connectivity index (χ2v) is 6.24. The lowest BCUT2D eigenvalue weighted by Gasteiger charge is -2.09. The maximum atomic E-state index is 12.2. The lowest BCUT2D eigenvalue weighted by Crippen LogP contribution is -2.25. The lowest BCUT2D eigenvalue weighted by atomic mass is 10.2. The van der Waals surface area contributed by atoms with Crippen LogP contribution in [0.4, 0.5) is 11.5 Å². The van der Waals surface area contributed by atoms with Crippen LogP contribution in [0.5, 0.6) is 0 Å². The number of carbonyl (C=O) groups excluding carboxylic acids is 2. The van der Waals surface area contributed by atoms with Crippen molar-refractivity contribution < 1.29 is 18.9 Å². The molecule has 3 rings (SSSR count). The van der Waals surface area contributed by atoms with E-state index in [2.05, 4.69) is 15.7 Å². The number of nitro benzene ring substituents is 1. The van der Waals surface area contributed by atoms with Crippen molar-refractivity contribution in [1.82, 2.24) is 15.1 Å². The fourth-order valence-corrected chi connectivity index (χ4v) is 2.65. The largest absolute Gasteiger partial charge is 0.459 e. The summed E-state index contributed by atoms with van der Waals surface area (Å²) in [5.41, 5.74) is 1.24. The number of nitrogens with zero attached hydrogens (tertiary/aromatic N) is 3. The summed E-state index contributed by atoms with van der Waals surface area (Å²) in [6.45, 7) is 2.11. The minimum Gasteiger partial charge on any atom is -0.459 e. The molecule has 2 N–H and O–H groups in total. The van der Waals surface area contributed by atoms with Gasteiger partial charge in [-0.25, -0.2) is 4.68 Å². The topological polar surface area (TPSA) is 132 Å². The first kappa shape index (κ1) is 19.8. The van der Waals surface area contributed by atoms with Gasteiger partial charge in [0, 0.05) is 31.2 Å². The molecule has 0 saturated carbocycles. The highest BCUT2D eigenvalue weighted by atomic mass is 16.6. The van der Waals surface area contributed by atoms with E-state index in [-0.39, 0.29) is 29.7 Å². The van der Waals surface area contributed by atoms with Crippen molar-refractivity contribution in [3.63, 3.8) is 0 Å². The van der Waals surface area contributed by atoms with Crippen molar-refractivity contribution in [2.75, 3.05) is 11.9 Å². The molecule has 0 saturated heterocycles. The minimum atomic E-state index is -0.481. The number of aromatic nitrogens is 2. The maximum absolute atomic E-state index is 12.2. The Kier molecular flexibility index (Phi) is 6.03. The number of aryl methyl sites for hydroxylation is 1. The van der Waals surface area contributed by atoms with Crippen LogP contribution < -0.4 is 10.6 Å². The molecule has 0 aliphatic carbocycles. The second kappa shape index (κ2) is 8.83. The van der Waals surface area contributed by atoms with Gasteiger partial charge in [0.15, 0.2) is 5.76 Å². The first-order valence-electron chi connectivity index (χ1n) is 8.87. The molecule has 1 aromatic carbocycles. The van der Waals surface area contributed by atoms with Gasteiger partial charge in [-0.1, -0.05) is 0 Å². The molecule has 150 valence electrons. The first-order valence-corrected chi connectivity index (χ1v) is 8.87. The number of furan rings is 1. The summed E-state index contributed by atoms with van der Waals surface area (Å²) in [4.78, 5) is 34.3. The van der Waals surface area contributed by atoms with Gasteiger partial charge in [0.1, 0.15) is 5.82 Å². The average molecular weight is 397 g/mol. The van der Waals surface area contributed by atoms with Gasteiger partial charge in [-0.2, -0.15) is 5.10 Å². The Hall–Kier alpha value is -3.95. The Morgan fingerprint density at radius 1 is 1.24 bits per heavy atom. The Labute approximate surface area is 165 Å². The number of nitrogens with one attached hydrogen (secondary N) is 2. The van der Waals surface area contributed by atoms with E-state index >= 15 is 0 Å². The van der Waals surface area contributed by atoms with Gasteiger partial charge < -0.3 is 15.1 Å². The van der Waals surface area contributed by atoms with E-state index in [1.165, 1.54) is 23.1 Å². The zero-order valence-corrected chi connectivity index (χ0v) is 15.6. The summed E-state index contributed by atoms with van der Waals surface area (Å²) in [6.07, 6.45) is 2.06. The van der Waals surface area contributed by atoms with E-state index in [0.29, 0.717) is 30.2 Å². The summed E-state index contributed by atoms with van der Waals surface area (Å²) in [6, 6.07) is 10.8. The molecule has 2 amide bonds. The number of amides is 2. The predicted octanol–water partition coefficient (Wildman–Crippen LogP) is 2.83. The molecule has 0 unspecified atom stereocenters. The summed E-state index contributed by atoms with van der Waals surface area (Å²) in [5.74, 6) is 0.112. The standard InChI is InChI=1S/C19H19N5O5/c1-13-12-17(23(22-13)14-6-8-15(9-7-14)24(27)28)21-18(25)5-2-10-20-19(26)16-4-3-11-29-16/h3-4,6-9,11-12H,2,5,10H2,1H3,(H,20,26)(H,21,25). The number of hydrogen-bond acceptors (Lipinski definition) is 6. The lowest BCUT2D eigenvalue weighted by molar-refractivity contribution is -0.384. The van der Waals surface area contributed by atoms with Crippen LogP contribution in [0.25, 0.3) is 5.69 Å². The Morgan fingerprint density at radius 2 is 2.00 bits per heavy atom. The van der Waals surface area contributed by atoms with Crippen molar-refractivity contribution >= 4 is 23.3 Å². The minimum absolute atomic E-state index is 0.0280. The van der Waals surface area contributed by atoms with Gasteiger partial charge in [0.2, 0.25) is 5.91 Å². The van der Waals surface area contributed by atoms with Crippen LogP contribution >= 0.6 is 0 Å². The highest BCUT2D eigenvalue weighted by Gasteiger charge is 2.13. The molecule has 0 bridgehead atoms. The van der Waals surface area contributed by atoms with Crippen LogP contribution in [0.1, 0.15) is 29.1 Å². The normalized spacial score (nSPS) is 10.5. The predicted molar refractivity (Wildman–Crippen MR) is 104 cm³/mol. The number of benzene rings is 1. The third-order valence-corrected chi connectivity index (χ3v) is 4.02. The molecule has 10 nitrogen and oxygen atoms in total. The SMILES string of the molecule is Cc1cc(NC(=O)CCCNC(=O)c2ccco2)n(-c2ccc([N+](=O)[O-])cc2)n1. The Balaban J connectivity index is 1.55. The maximum Gasteiger partial charge on any atom is 0.286 e. The van der Waals surface area contributed by atoms with Crippen LogP contribution in [-0.4, -0.2) is 33.1 Å². The van der Waals surface area contributed by atoms with E-state index < -0.39 is 4.92 Å². The van der Waals surface area contributed by atoms with E-state index in [9.17, 15) is 19.7 Å². The number of anilines is 1. The monoisotopic (exact) mass is 397 g/mol. The molecule has 3 aromatic rings. The van der Waals surface area contributed by atoms with Gasteiger partial charge in [-0.3, -0.25) is 19.7 Å². The van der Waals surface area contributed by atoms with Crippen LogP contribution in [0.3, 0.4) is 0 Å². The number of hydrogen-bond donors (Lipinski definition) is 2. The van der Waals surface area contributed by atoms with Gasteiger partial charge in [0.25, 0.3) is 11.6 Å². The summed E-state index contributed by atoms with van der Waals surface area (Å²) >= 11 is 0. The van der Waals surface area contributed by atoms with E-state index in [4.69, 9.17) is 4.42 Å². The van der Waals surface area contributed by atoms with Crippen molar-refractivity contribution in [3.8, 4) is 5.69 Å². The summed E-state index contributed by atoms with van der Waals surface area (Å²) in [7, 11) is 0. The molecule has 0 radical (unpaired) electrons. The number of carbonyl (C=O) groups is 2. The fourth-order valence-electron chi connectivity index (χ4n) is 2.65. The number of rotatable bonds is 8. The van der Waals surface area contributed by atoms with Crippen molar-refractivity contribution in [2.24, 2.45) is 0 Å². The second-order valence-electron chi connectivity index (χ2n) is 6.24. The first-order chi connectivity index (χ1) is 13.9. The smallest absolute Gasteiger partial charge is 0.286 e. The molecular weight excluding hydrogens is 378 g/mol. The summed E-state index contributed by atoms with van der Waals surface area (Å²) < 4.78 is 6.50. The summed E-state index contributed by atoms with van der Waals surface area (Å²) in [5, 5.41) is 20.6. The van der Waals surface area contributed by atoms with Crippen molar-refractivity contribution in [2.45, 2.75) is 19.8 Å². The Bertz CT molecular complexity index is 1010. The third kappa shape index (κ3) is 5.06. The van der Waals surface area contributed by atoms with Crippen LogP contribution in [0, 0.1) is 17.0 Å². The molecule has 0 spiro atoms. The zero-order valence-electron chi connectivity index (χ0n) is 15.6. The van der Waals surface area contributed by atoms with Gasteiger partial charge in [-0.05, 0) is 37.6 Å². The van der Waals surface area contributed by atoms with Gasteiger partial charge in [0.05, 0.1) is 22.6 Å². The van der Waals surface area contributed by atoms with E-state index in [1.807, 2.05) is 0 Å². The van der Waals surface area contributed by atoms with E-state index in [0.717, 1.165) is 0 Å². The fraction of sp³-hybridized carbons (Fsp3) is 0.211. The molecule has 0 atom stereocenters. The van der Waals surface area contributed by atoms with Crippen LogP contribution in [0.2, 0.25) is 0 Å². The molecular formula is C19H19N5O5. The third-order valence-electron chi connectivity index (χ3n) is 4.02. The van der Waals surface area contributed by atoms with Crippen molar-refractivity contribution in [1.29, 1.82) is 0 Å². The molecule has 10 heteroatoms.